The van der Waals surface area contributed by atoms with Gasteiger partial charge in [0.2, 0.25) is 0 Å². The summed E-state index contributed by atoms with van der Waals surface area (Å²) in [6, 6.07) is 11.0. The molecule has 0 aromatic heterocycles. The molecule has 0 bridgehead atoms. The monoisotopic (exact) mass is 357 g/mol. The topological polar surface area (TPSA) is 91.2 Å². The van der Waals surface area contributed by atoms with Crippen molar-refractivity contribution in [2.24, 2.45) is 11.8 Å². The third-order valence-corrected chi connectivity index (χ3v) is 4.25. The van der Waals surface area contributed by atoms with Gasteiger partial charge in [0.15, 0.2) is 6.10 Å². The average Bonchev–Trinajstić information content (AvgIpc) is 3.43. The molecule has 2 atom stereocenters. The zero-order valence-electron chi connectivity index (χ0n) is 15.4. The van der Waals surface area contributed by atoms with Gasteiger partial charge in [-0.25, -0.2) is 4.79 Å². The van der Waals surface area contributed by atoms with Gasteiger partial charge in [-0.2, -0.15) is 5.26 Å². The zero-order chi connectivity index (χ0) is 18.9. The highest BCUT2D eigenvalue weighted by molar-refractivity contribution is 5.84. The molecule has 2 amide bonds. The fraction of sp³-hybridized carbons (Fsp3) is 0.550. The first-order valence-corrected chi connectivity index (χ1v) is 9.16. The lowest BCUT2D eigenvalue weighted by Crippen LogP contribution is -2.44. The van der Waals surface area contributed by atoms with Crippen LogP contribution in [0.15, 0.2) is 30.3 Å². The van der Waals surface area contributed by atoms with E-state index in [2.05, 4.69) is 16.7 Å². The minimum absolute atomic E-state index is 0.289. The Morgan fingerprint density at radius 1 is 1.27 bits per heavy atom. The van der Waals surface area contributed by atoms with Gasteiger partial charge in [0.05, 0.1) is 6.07 Å². The summed E-state index contributed by atoms with van der Waals surface area (Å²) in [6.07, 6.45) is 1.69. The van der Waals surface area contributed by atoms with Crippen LogP contribution in [0, 0.1) is 23.2 Å². The molecule has 1 saturated carbocycles. The summed E-state index contributed by atoms with van der Waals surface area (Å²) in [5.74, 6) is 0.314. The van der Waals surface area contributed by atoms with Crippen molar-refractivity contribution in [3.63, 3.8) is 0 Å². The highest BCUT2D eigenvalue weighted by atomic mass is 16.6. The molecule has 0 saturated heterocycles. The van der Waals surface area contributed by atoms with Crippen molar-refractivity contribution >= 4 is 12.0 Å². The minimum Gasteiger partial charge on any atom is -0.436 e. The van der Waals surface area contributed by atoms with E-state index >= 15 is 0 Å². The fourth-order valence-electron chi connectivity index (χ4n) is 2.69. The van der Waals surface area contributed by atoms with E-state index in [0.717, 1.165) is 18.4 Å². The van der Waals surface area contributed by atoms with E-state index in [1.165, 1.54) is 0 Å². The van der Waals surface area contributed by atoms with Crippen molar-refractivity contribution in [1.29, 1.82) is 5.26 Å². The molecule has 6 heteroatoms. The van der Waals surface area contributed by atoms with Gasteiger partial charge in [-0.3, -0.25) is 4.79 Å². The number of carbonyl (C=O) groups is 2. The van der Waals surface area contributed by atoms with Crippen LogP contribution in [0.2, 0.25) is 0 Å². The van der Waals surface area contributed by atoms with Crippen molar-refractivity contribution in [2.75, 3.05) is 0 Å². The van der Waals surface area contributed by atoms with Crippen molar-refractivity contribution < 1.29 is 14.3 Å². The summed E-state index contributed by atoms with van der Waals surface area (Å²) in [5, 5.41) is 14.6. The van der Waals surface area contributed by atoms with Crippen LogP contribution in [0.4, 0.5) is 4.79 Å². The Kier molecular flexibility index (Phi) is 7.46. The second-order valence-electron chi connectivity index (χ2n) is 7.23. The molecule has 140 valence electrons. The van der Waals surface area contributed by atoms with Crippen LogP contribution in [-0.4, -0.2) is 24.1 Å². The molecule has 1 aliphatic rings. The van der Waals surface area contributed by atoms with Gasteiger partial charge in [0.1, 0.15) is 6.04 Å². The van der Waals surface area contributed by atoms with Crippen LogP contribution in [-0.2, 0) is 16.1 Å². The van der Waals surface area contributed by atoms with Crippen molar-refractivity contribution in [2.45, 2.75) is 58.2 Å². The number of hydrogen-bond acceptors (Lipinski definition) is 4. The highest BCUT2D eigenvalue weighted by Gasteiger charge is 2.32. The number of nitrogens with one attached hydrogen (secondary N) is 2. The number of alkyl carbamates (subject to hydrolysis) is 1. The summed E-state index contributed by atoms with van der Waals surface area (Å²) < 4.78 is 5.36. The molecule has 1 aromatic rings. The maximum absolute atomic E-state index is 12.5. The second kappa shape index (κ2) is 9.81. The summed E-state index contributed by atoms with van der Waals surface area (Å²) in [4.78, 5) is 24.6. The molecule has 0 heterocycles. The van der Waals surface area contributed by atoms with Gasteiger partial charge in [-0.1, -0.05) is 57.0 Å². The summed E-state index contributed by atoms with van der Waals surface area (Å²) in [7, 11) is 0. The Balaban J connectivity index is 1.87. The SMILES string of the molecule is CC(C)CC(C#N)NC(=O)C(CC1CC1)OC(=O)NCc1ccccc1. The Bertz CT molecular complexity index is 635. The molecule has 6 nitrogen and oxygen atoms in total. The number of rotatable bonds is 9. The smallest absolute Gasteiger partial charge is 0.408 e. The highest BCUT2D eigenvalue weighted by Crippen LogP contribution is 2.34. The van der Waals surface area contributed by atoms with E-state index in [0.29, 0.717) is 25.3 Å². The number of amides is 2. The lowest BCUT2D eigenvalue weighted by Gasteiger charge is -2.20. The Morgan fingerprint density at radius 2 is 1.96 bits per heavy atom. The summed E-state index contributed by atoms with van der Waals surface area (Å²) in [6.45, 7) is 4.32. The van der Waals surface area contributed by atoms with Crippen LogP contribution >= 0.6 is 0 Å². The second-order valence-corrected chi connectivity index (χ2v) is 7.23. The number of nitriles is 1. The third-order valence-electron chi connectivity index (χ3n) is 4.25. The first-order valence-electron chi connectivity index (χ1n) is 9.16. The number of ether oxygens (including phenoxy) is 1. The normalized spacial score (nSPS) is 15.6. The predicted octanol–water partition coefficient (Wildman–Crippen LogP) is 3.14. The minimum atomic E-state index is -0.860. The molecule has 0 radical (unpaired) electrons. The van der Waals surface area contributed by atoms with Gasteiger partial charge in [-0.15, -0.1) is 0 Å². The predicted molar refractivity (Wildman–Crippen MR) is 97.9 cm³/mol. The maximum atomic E-state index is 12.5. The molecule has 26 heavy (non-hydrogen) atoms. The van der Waals surface area contributed by atoms with E-state index in [-0.39, 0.29) is 11.8 Å². The Labute approximate surface area is 154 Å². The van der Waals surface area contributed by atoms with Crippen LogP contribution < -0.4 is 10.6 Å². The molecule has 2 unspecified atom stereocenters. The van der Waals surface area contributed by atoms with E-state index in [9.17, 15) is 14.9 Å². The molecule has 2 rings (SSSR count). The fourth-order valence-corrected chi connectivity index (χ4v) is 2.69. The molecule has 0 spiro atoms. The Morgan fingerprint density at radius 3 is 2.54 bits per heavy atom. The molecule has 0 aliphatic heterocycles. The summed E-state index contributed by atoms with van der Waals surface area (Å²) >= 11 is 0. The van der Waals surface area contributed by atoms with Gasteiger partial charge < -0.3 is 15.4 Å². The van der Waals surface area contributed by atoms with Crippen LogP contribution in [0.5, 0.6) is 0 Å². The van der Waals surface area contributed by atoms with Gasteiger partial charge in [-0.05, 0) is 30.2 Å². The largest absolute Gasteiger partial charge is 0.436 e. The number of benzene rings is 1. The first kappa shape index (κ1) is 19.8. The van der Waals surface area contributed by atoms with Crippen LogP contribution in [0.3, 0.4) is 0 Å². The van der Waals surface area contributed by atoms with Crippen LogP contribution in [0.25, 0.3) is 0 Å². The van der Waals surface area contributed by atoms with E-state index in [1.54, 1.807) is 0 Å². The van der Waals surface area contributed by atoms with E-state index in [1.807, 2.05) is 44.2 Å². The summed E-state index contributed by atoms with van der Waals surface area (Å²) in [5.41, 5.74) is 0.953. The number of hydrogen-bond donors (Lipinski definition) is 2. The standard InChI is InChI=1S/C20H27N3O3/c1-14(2)10-17(12-21)23-19(24)18(11-15-8-9-15)26-20(25)22-13-16-6-4-3-5-7-16/h3-7,14-15,17-18H,8-11,13H2,1-2H3,(H,22,25)(H,23,24). The van der Waals surface area contributed by atoms with Gasteiger partial charge in [0, 0.05) is 6.54 Å². The van der Waals surface area contributed by atoms with E-state index < -0.39 is 18.2 Å². The van der Waals surface area contributed by atoms with Gasteiger partial charge in [0.25, 0.3) is 5.91 Å². The zero-order valence-corrected chi connectivity index (χ0v) is 15.4. The molecule has 1 aliphatic carbocycles. The molecular formula is C20H27N3O3. The maximum Gasteiger partial charge on any atom is 0.408 e. The molecule has 1 aromatic carbocycles. The van der Waals surface area contributed by atoms with Crippen LogP contribution in [0.1, 0.15) is 45.1 Å². The Hall–Kier alpha value is -2.55. The lowest BCUT2D eigenvalue weighted by atomic mass is 10.0. The number of nitrogens with zero attached hydrogens (tertiary/aromatic N) is 1. The lowest BCUT2D eigenvalue weighted by molar-refractivity contribution is -0.130. The van der Waals surface area contributed by atoms with Crippen molar-refractivity contribution in [1.82, 2.24) is 10.6 Å². The molecule has 1 fully saturated rings. The van der Waals surface area contributed by atoms with Crippen molar-refractivity contribution in [3.05, 3.63) is 35.9 Å². The van der Waals surface area contributed by atoms with Crippen molar-refractivity contribution in [3.8, 4) is 6.07 Å². The first-order chi connectivity index (χ1) is 12.5. The van der Waals surface area contributed by atoms with E-state index in [4.69, 9.17) is 4.74 Å². The number of carbonyl (C=O) groups excluding carboxylic acids is 2. The molecular weight excluding hydrogens is 330 g/mol. The quantitative estimate of drug-likeness (QED) is 0.710. The average molecular weight is 357 g/mol. The molecule has 2 N–H and O–H groups in total. The third kappa shape index (κ3) is 7.14. The van der Waals surface area contributed by atoms with Gasteiger partial charge >= 0.3 is 6.09 Å².